The number of halogens is 1. The molecule has 0 saturated carbocycles. The Kier molecular flexibility index (Phi) is 5.64. The van der Waals surface area contributed by atoms with E-state index in [4.69, 9.17) is 5.73 Å². The number of benzene rings is 1. The van der Waals surface area contributed by atoms with Crippen LogP contribution in [0, 0.1) is 0 Å². The lowest BCUT2D eigenvalue weighted by molar-refractivity contribution is -0.113. The van der Waals surface area contributed by atoms with Crippen molar-refractivity contribution >= 4 is 44.0 Å². The molecule has 1 amide bonds. The van der Waals surface area contributed by atoms with Crippen LogP contribution in [0.25, 0.3) is 0 Å². The topological polar surface area (TPSA) is 72.2 Å². The molecule has 1 aromatic rings. The maximum Gasteiger partial charge on any atom is 0.237 e. The molecule has 0 aromatic heterocycles. The van der Waals surface area contributed by atoms with Crippen molar-refractivity contribution in [3.8, 4) is 0 Å². The average molecular weight is 319 g/mol. The van der Waals surface area contributed by atoms with Crippen LogP contribution >= 0.6 is 15.9 Å². The summed E-state index contributed by atoms with van der Waals surface area (Å²) in [4.78, 5) is 11.6. The van der Waals surface area contributed by atoms with Gasteiger partial charge in [0.1, 0.15) is 5.75 Å². The van der Waals surface area contributed by atoms with Gasteiger partial charge in [-0.15, -0.1) is 0 Å². The van der Waals surface area contributed by atoms with E-state index in [9.17, 15) is 9.00 Å². The third-order valence-corrected chi connectivity index (χ3v) is 4.09. The lowest BCUT2D eigenvalue weighted by Crippen LogP contribution is -2.20. The Morgan fingerprint density at radius 2 is 2.24 bits per heavy atom. The van der Waals surface area contributed by atoms with Crippen LogP contribution in [0.3, 0.4) is 0 Å². The first-order chi connectivity index (χ1) is 8.02. The quantitative estimate of drug-likeness (QED) is 0.817. The van der Waals surface area contributed by atoms with Crippen molar-refractivity contribution in [2.45, 2.75) is 13.3 Å². The van der Waals surface area contributed by atoms with Gasteiger partial charge in [0.2, 0.25) is 5.91 Å². The number of rotatable bonds is 5. The van der Waals surface area contributed by atoms with Gasteiger partial charge >= 0.3 is 0 Å². The van der Waals surface area contributed by atoms with Crippen molar-refractivity contribution in [2.75, 3.05) is 22.6 Å². The summed E-state index contributed by atoms with van der Waals surface area (Å²) in [5.41, 5.74) is 6.84. The minimum atomic E-state index is -1.09. The van der Waals surface area contributed by atoms with Gasteiger partial charge in [-0.25, -0.2) is 0 Å². The first-order valence-electron chi connectivity index (χ1n) is 5.22. The maximum atomic E-state index is 11.6. The van der Waals surface area contributed by atoms with Crippen LogP contribution in [0.5, 0.6) is 0 Å². The van der Waals surface area contributed by atoms with E-state index >= 15 is 0 Å². The van der Waals surface area contributed by atoms with Crippen LogP contribution in [-0.2, 0) is 15.6 Å². The number of carbonyl (C=O) groups is 1. The van der Waals surface area contributed by atoms with E-state index in [0.717, 1.165) is 6.42 Å². The minimum absolute atomic E-state index is 0.0324. The van der Waals surface area contributed by atoms with E-state index in [1.165, 1.54) is 0 Å². The summed E-state index contributed by atoms with van der Waals surface area (Å²) in [5.74, 6) is 0.336. The molecule has 1 rings (SSSR count). The summed E-state index contributed by atoms with van der Waals surface area (Å²) in [6.07, 6.45) is 0.811. The number of anilines is 2. The van der Waals surface area contributed by atoms with Gasteiger partial charge in [-0.1, -0.05) is 6.92 Å². The molecule has 0 spiro atoms. The molecule has 1 atom stereocenters. The van der Waals surface area contributed by atoms with Crippen LogP contribution in [-0.4, -0.2) is 21.6 Å². The molecule has 3 N–H and O–H groups in total. The van der Waals surface area contributed by atoms with Gasteiger partial charge in [0.15, 0.2) is 0 Å². The molecule has 6 heteroatoms. The Bertz CT molecular complexity index is 437. The fourth-order valence-electron chi connectivity index (χ4n) is 1.27. The highest BCUT2D eigenvalue weighted by Gasteiger charge is 2.09. The van der Waals surface area contributed by atoms with E-state index in [1.807, 2.05) is 6.92 Å². The second-order valence-electron chi connectivity index (χ2n) is 3.58. The summed E-state index contributed by atoms with van der Waals surface area (Å²) in [6, 6.07) is 5.11. The molecule has 1 unspecified atom stereocenters. The third-order valence-electron chi connectivity index (χ3n) is 1.99. The normalized spacial score (nSPS) is 12.1. The second-order valence-corrected chi connectivity index (χ2v) is 6.01. The van der Waals surface area contributed by atoms with Gasteiger partial charge in [0.25, 0.3) is 0 Å². The summed E-state index contributed by atoms with van der Waals surface area (Å²) >= 11 is 3.30. The highest BCUT2D eigenvalue weighted by Crippen LogP contribution is 2.24. The molecule has 1 aromatic carbocycles. The first kappa shape index (κ1) is 14.2. The summed E-state index contributed by atoms with van der Waals surface area (Å²) in [6.45, 7) is 1.94. The summed E-state index contributed by atoms with van der Waals surface area (Å²) in [7, 11) is -1.09. The highest BCUT2D eigenvalue weighted by atomic mass is 79.9. The monoisotopic (exact) mass is 318 g/mol. The number of nitrogens with one attached hydrogen (secondary N) is 1. The number of nitrogen functional groups attached to an aromatic ring is 1. The SMILES string of the molecule is CCCS(=O)CC(=O)Nc1ccc(N)cc1Br. The molecule has 0 aliphatic rings. The van der Waals surface area contributed by atoms with E-state index in [1.54, 1.807) is 18.2 Å². The lowest BCUT2D eigenvalue weighted by Gasteiger charge is -2.07. The second kappa shape index (κ2) is 6.76. The van der Waals surface area contributed by atoms with E-state index in [0.29, 0.717) is 21.6 Å². The minimum Gasteiger partial charge on any atom is -0.399 e. The van der Waals surface area contributed by atoms with E-state index in [-0.39, 0.29) is 11.7 Å². The Hall–Kier alpha value is -0.880. The highest BCUT2D eigenvalue weighted by molar-refractivity contribution is 9.10. The molecule has 0 fully saturated rings. The molecule has 0 bridgehead atoms. The molecular weight excluding hydrogens is 304 g/mol. The van der Waals surface area contributed by atoms with Crippen molar-refractivity contribution in [2.24, 2.45) is 0 Å². The van der Waals surface area contributed by atoms with Crippen molar-refractivity contribution in [3.05, 3.63) is 22.7 Å². The maximum absolute atomic E-state index is 11.6. The molecule has 0 radical (unpaired) electrons. The smallest absolute Gasteiger partial charge is 0.237 e. The molecule has 17 heavy (non-hydrogen) atoms. The van der Waals surface area contributed by atoms with Crippen molar-refractivity contribution in [3.63, 3.8) is 0 Å². The van der Waals surface area contributed by atoms with Gasteiger partial charge in [-0.3, -0.25) is 9.00 Å². The molecule has 0 heterocycles. The van der Waals surface area contributed by atoms with Gasteiger partial charge in [-0.05, 0) is 40.5 Å². The van der Waals surface area contributed by atoms with Crippen LogP contribution in [0.1, 0.15) is 13.3 Å². The van der Waals surface area contributed by atoms with Crippen molar-refractivity contribution in [1.82, 2.24) is 0 Å². The van der Waals surface area contributed by atoms with Crippen molar-refractivity contribution in [1.29, 1.82) is 0 Å². The first-order valence-corrected chi connectivity index (χ1v) is 7.51. The zero-order valence-corrected chi connectivity index (χ0v) is 11.9. The zero-order chi connectivity index (χ0) is 12.8. The van der Waals surface area contributed by atoms with Crippen LogP contribution in [0.4, 0.5) is 11.4 Å². The van der Waals surface area contributed by atoms with Gasteiger partial charge < -0.3 is 11.1 Å². The van der Waals surface area contributed by atoms with Gasteiger partial charge in [0.05, 0.1) is 5.69 Å². The summed E-state index contributed by atoms with van der Waals surface area (Å²) in [5, 5.41) is 2.69. The Morgan fingerprint density at radius 3 is 2.82 bits per heavy atom. The number of amides is 1. The fraction of sp³-hybridized carbons (Fsp3) is 0.364. The lowest BCUT2D eigenvalue weighted by atomic mass is 10.3. The zero-order valence-electron chi connectivity index (χ0n) is 9.53. The molecule has 0 saturated heterocycles. The fourth-order valence-corrected chi connectivity index (χ4v) is 2.72. The van der Waals surface area contributed by atoms with Crippen LogP contribution in [0.2, 0.25) is 0 Å². The van der Waals surface area contributed by atoms with Crippen molar-refractivity contribution < 1.29 is 9.00 Å². The molecule has 0 aliphatic carbocycles. The Labute approximate surface area is 112 Å². The van der Waals surface area contributed by atoms with E-state index in [2.05, 4.69) is 21.2 Å². The Morgan fingerprint density at radius 1 is 1.53 bits per heavy atom. The van der Waals surface area contributed by atoms with Gasteiger partial charge in [-0.2, -0.15) is 0 Å². The van der Waals surface area contributed by atoms with E-state index < -0.39 is 10.8 Å². The number of hydrogen-bond acceptors (Lipinski definition) is 3. The largest absolute Gasteiger partial charge is 0.399 e. The molecule has 0 aliphatic heterocycles. The number of carbonyl (C=O) groups excluding carboxylic acids is 1. The summed E-state index contributed by atoms with van der Waals surface area (Å²) < 4.78 is 12.1. The number of hydrogen-bond donors (Lipinski definition) is 2. The van der Waals surface area contributed by atoms with Gasteiger partial charge in [0, 0.05) is 26.7 Å². The Balaban J connectivity index is 2.59. The van der Waals surface area contributed by atoms with Crippen LogP contribution in [0.15, 0.2) is 22.7 Å². The third kappa shape index (κ3) is 4.87. The molecule has 94 valence electrons. The van der Waals surface area contributed by atoms with Crippen LogP contribution < -0.4 is 11.1 Å². The predicted molar refractivity (Wildman–Crippen MR) is 75.4 cm³/mol. The molecular formula is C11H15BrN2O2S. The number of nitrogens with two attached hydrogens (primary N) is 1. The average Bonchev–Trinajstić information content (AvgIpc) is 2.22. The standard InChI is InChI=1S/C11H15BrN2O2S/c1-2-5-17(16)7-11(15)14-10-4-3-8(13)6-9(10)12/h3-4,6H,2,5,7,13H2,1H3,(H,14,15). The predicted octanol–water partition coefficient (Wildman–Crippen LogP) is 2.13. The molecule has 4 nitrogen and oxygen atoms in total.